The second-order valence-electron chi connectivity index (χ2n) is 21.7. The summed E-state index contributed by atoms with van der Waals surface area (Å²) in [7, 11) is 0. The van der Waals surface area contributed by atoms with Crippen LogP contribution in [0.25, 0.3) is 0 Å². The smallest absolute Gasteiger partial charge is 0.305 e. The fourth-order valence-corrected chi connectivity index (χ4v) is 9.73. The van der Waals surface area contributed by atoms with Gasteiger partial charge in [-0.15, -0.1) is 0 Å². The van der Waals surface area contributed by atoms with E-state index in [1.807, 2.05) is 6.08 Å². The van der Waals surface area contributed by atoms with Crippen molar-refractivity contribution in [3.05, 3.63) is 36.5 Å². The third kappa shape index (κ3) is 57.2. The van der Waals surface area contributed by atoms with E-state index in [0.29, 0.717) is 19.4 Å². The average Bonchev–Trinajstić information content (AvgIpc) is 3.37. The number of ether oxygens (including phenoxy) is 1. The number of unbranched alkanes of at least 4 members (excludes halogenated alkanes) is 44. The van der Waals surface area contributed by atoms with E-state index in [4.69, 9.17) is 4.74 Å². The molecule has 0 heterocycles. The van der Waals surface area contributed by atoms with Gasteiger partial charge in [0.1, 0.15) is 0 Å². The lowest BCUT2D eigenvalue weighted by molar-refractivity contribution is -0.143. The van der Waals surface area contributed by atoms with Gasteiger partial charge in [-0.2, -0.15) is 0 Å². The summed E-state index contributed by atoms with van der Waals surface area (Å²) in [4.78, 5) is 24.4. The summed E-state index contributed by atoms with van der Waals surface area (Å²) in [5, 5.41) is 23.0. The average molecular weight is 999 g/mol. The molecule has 3 N–H and O–H groups in total. The van der Waals surface area contributed by atoms with Crippen molar-refractivity contribution in [2.24, 2.45) is 0 Å². The number of aliphatic hydroxyl groups excluding tert-OH is 2. The van der Waals surface area contributed by atoms with E-state index >= 15 is 0 Å². The first-order valence-electron chi connectivity index (χ1n) is 31.8. The van der Waals surface area contributed by atoms with Crippen molar-refractivity contribution >= 4 is 11.9 Å². The standard InChI is InChI=1S/C65H123NO5/c1-3-5-7-9-11-13-37-41-45-49-53-57-63(68)62(61-67)66-64(69)58-54-50-46-42-39-35-33-31-29-27-25-23-21-19-17-15-16-18-20-22-24-26-28-30-32-34-36-40-44-48-52-56-60-71-65(70)59-55-51-47-43-38-14-12-10-8-6-4-2/h10,12,18,20,53,57,62-63,67-68H,3-9,11,13-17,19,21-52,54-56,58-61H2,1-2H3,(H,66,69)/b12-10-,20-18-,57-53+. The van der Waals surface area contributed by atoms with Gasteiger partial charge in [-0.25, -0.2) is 0 Å². The molecular weight excluding hydrogens is 875 g/mol. The largest absolute Gasteiger partial charge is 0.466 e. The van der Waals surface area contributed by atoms with Crippen molar-refractivity contribution in [2.75, 3.05) is 13.2 Å². The lowest BCUT2D eigenvalue weighted by Crippen LogP contribution is -2.45. The monoisotopic (exact) mass is 998 g/mol. The van der Waals surface area contributed by atoms with E-state index in [9.17, 15) is 19.8 Å². The molecule has 0 bridgehead atoms. The van der Waals surface area contributed by atoms with Crippen molar-refractivity contribution in [3.63, 3.8) is 0 Å². The number of hydrogen-bond acceptors (Lipinski definition) is 5. The van der Waals surface area contributed by atoms with Crippen LogP contribution in [0.5, 0.6) is 0 Å². The molecule has 0 aliphatic carbocycles. The number of carbonyl (C=O) groups is 2. The molecule has 0 saturated carbocycles. The van der Waals surface area contributed by atoms with Gasteiger partial charge in [0, 0.05) is 12.8 Å². The molecule has 0 fully saturated rings. The van der Waals surface area contributed by atoms with Crippen molar-refractivity contribution in [1.82, 2.24) is 5.32 Å². The molecule has 0 aliphatic rings. The Morgan fingerprint density at radius 1 is 0.380 bits per heavy atom. The molecular formula is C65H123NO5. The van der Waals surface area contributed by atoms with Crippen molar-refractivity contribution in [2.45, 2.75) is 353 Å². The molecule has 1 amide bonds. The van der Waals surface area contributed by atoms with Gasteiger partial charge >= 0.3 is 5.97 Å². The molecule has 0 radical (unpaired) electrons. The van der Waals surface area contributed by atoms with Crippen LogP contribution in [-0.4, -0.2) is 47.4 Å². The van der Waals surface area contributed by atoms with Crippen molar-refractivity contribution < 1.29 is 24.5 Å². The maximum Gasteiger partial charge on any atom is 0.305 e. The highest BCUT2D eigenvalue weighted by molar-refractivity contribution is 5.76. The van der Waals surface area contributed by atoms with Crippen LogP contribution in [-0.2, 0) is 14.3 Å². The summed E-state index contributed by atoms with van der Waals surface area (Å²) < 4.78 is 5.46. The molecule has 0 saturated heterocycles. The van der Waals surface area contributed by atoms with E-state index in [2.05, 4.69) is 43.5 Å². The van der Waals surface area contributed by atoms with Crippen LogP contribution in [0.2, 0.25) is 0 Å². The summed E-state index contributed by atoms with van der Waals surface area (Å²) >= 11 is 0. The van der Waals surface area contributed by atoms with Gasteiger partial charge in [0.25, 0.3) is 0 Å². The zero-order valence-corrected chi connectivity index (χ0v) is 47.7. The highest BCUT2D eigenvalue weighted by Gasteiger charge is 2.18. The van der Waals surface area contributed by atoms with Crippen LogP contribution in [0.4, 0.5) is 0 Å². The van der Waals surface area contributed by atoms with E-state index in [0.717, 1.165) is 44.9 Å². The molecule has 0 aromatic carbocycles. The van der Waals surface area contributed by atoms with Gasteiger partial charge in [-0.1, -0.05) is 288 Å². The number of nitrogens with one attached hydrogen (secondary N) is 1. The predicted molar refractivity (Wildman–Crippen MR) is 310 cm³/mol. The highest BCUT2D eigenvalue weighted by Crippen LogP contribution is 2.17. The maximum absolute atomic E-state index is 12.4. The Morgan fingerprint density at radius 3 is 1.04 bits per heavy atom. The topological polar surface area (TPSA) is 95.9 Å². The summed E-state index contributed by atoms with van der Waals surface area (Å²) in [6.45, 7) is 4.86. The highest BCUT2D eigenvalue weighted by atomic mass is 16.5. The Kier molecular flexibility index (Phi) is 59.0. The van der Waals surface area contributed by atoms with Crippen LogP contribution in [0.3, 0.4) is 0 Å². The molecule has 0 rings (SSSR count). The Hall–Kier alpha value is -1.92. The van der Waals surface area contributed by atoms with E-state index in [1.165, 1.54) is 270 Å². The third-order valence-electron chi connectivity index (χ3n) is 14.6. The first kappa shape index (κ1) is 69.1. The minimum Gasteiger partial charge on any atom is -0.466 e. The normalized spacial score (nSPS) is 12.8. The summed E-state index contributed by atoms with van der Waals surface area (Å²) in [6.07, 6.45) is 76.4. The molecule has 0 spiro atoms. The van der Waals surface area contributed by atoms with Crippen LogP contribution in [0.1, 0.15) is 341 Å². The zero-order chi connectivity index (χ0) is 51.4. The first-order valence-corrected chi connectivity index (χ1v) is 31.8. The molecule has 2 atom stereocenters. The minimum absolute atomic E-state index is 0.00660. The fourth-order valence-electron chi connectivity index (χ4n) is 9.73. The number of rotatable bonds is 59. The van der Waals surface area contributed by atoms with Crippen molar-refractivity contribution in [1.29, 1.82) is 0 Å². The molecule has 71 heavy (non-hydrogen) atoms. The number of esters is 1. The van der Waals surface area contributed by atoms with Crippen LogP contribution >= 0.6 is 0 Å². The van der Waals surface area contributed by atoms with Gasteiger partial charge in [0.2, 0.25) is 5.91 Å². The predicted octanol–water partition coefficient (Wildman–Crippen LogP) is 20.0. The van der Waals surface area contributed by atoms with Crippen LogP contribution < -0.4 is 5.32 Å². The first-order chi connectivity index (χ1) is 35.0. The van der Waals surface area contributed by atoms with Crippen LogP contribution in [0.15, 0.2) is 36.5 Å². The third-order valence-corrected chi connectivity index (χ3v) is 14.6. The Bertz CT molecular complexity index is 1150. The molecule has 0 aliphatic heterocycles. The lowest BCUT2D eigenvalue weighted by Gasteiger charge is -2.20. The SMILES string of the molecule is CCCC/C=C\CCCCCCCC(=O)OCCCCCCCCCCCCCC/C=C\CCCCCCCCCCCCCCCCCCC(=O)NC(CO)C(O)/C=C/CCCCCCCCCCC. The Labute approximate surface area is 443 Å². The number of aliphatic hydroxyl groups is 2. The molecule has 0 aromatic heterocycles. The molecule has 6 nitrogen and oxygen atoms in total. The number of amides is 1. The number of hydrogen-bond donors (Lipinski definition) is 3. The zero-order valence-electron chi connectivity index (χ0n) is 47.7. The van der Waals surface area contributed by atoms with E-state index in [1.54, 1.807) is 6.08 Å². The molecule has 0 aromatic rings. The molecule has 6 heteroatoms. The number of allylic oxidation sites excluding steroid dienone is 5. The molecule has 2 unspecified atom stereocenters. The van der Waals surface area contributed by atoms with Gasteiger partial charge in [-0.3, -0.25) is 9.59 Å². The Morgan fingerprint density at radius 2 is 0.676 bits per heavy atom. The quantitative estimate of drug-likeness (QED) is 0.0321. The van der Waals surface area contributed by atoms with Gasteiger partial charge < -0.3 is 20.3 Å². The van der Waals surface area contributed by atoms with E-state index < -0.39 is 12.1 Å². The Balaban J connectivity index is 3.35. The van der Waals surface area contributed by atoms with Crippen LogP contribution in [0, 0.1) is 0 Å². The van der Waals surface area contributed by atoms with Gasteiger partial charge in [-0.05, 0) is 77.0 Å². The fraction of sp³-hybridized carbons (Fsp3) is 0.877. The maximum atomic E-state index is 12.4. The summed E-state index contributed by atoms with van der Waals surface area (Å²) in [6, 6.07) is -0.624. The van der Waals surface area contributed by atoms with E-state index in [-0.39, 0.29) is 18.5 Å². The minimum atomic E-state index is -0.841. The van der Waals surface area contributed by atoms with Gasteiger partial charge in [0.05, 0.1) is 25.4 Å². The second kappa shape index (κ2) is 60.6. The molecule has 418 valence electrons. The summed E-state index contributed by atoms with van der Waals surface area (Å²) in [5.41, 5.74) is 0. The second-order valence-corrected chi connectivity index (χ2v) is 21.7. The van der Waals surface area contributed by atoms with Gasteiger partial charge in [0.15, 0.2) is 0 Å². The lowest BCUT2D eigenvalue weighted by atomic mass is 10.0. The number of carbonyl (C=O) groups excluding carboxylic acids is 2. The van der Waals surface area contributed by atoms with Crippen molar-refractivity contribution in [3.8, 4) is 0 Å². The summed E-state index contributed by atoms with van der Waals surface area (Å²) in [5.74, 6) is -0.0593.